The van der Waals surface area contributed by atoms with Crippen molar-refractivity contribution in [1.29, 1.82) is 0 Å². The molecule has 0 radical (unpaired) electrons. The van der Waals surface area contributed by atoms with Gasteiger partial charge in [0, 0.05) is 18.0 Å². The minimum absolute atomic E-state index is 0.201. The van der Waals surface area contributed by atoms with E-state index in [0.717, 1.165) is 7.11 Å². The first kappa shape index (κ1) is 16.4. The summed E-state index contributed by atoms with van der Waals surface area (Å²) < 4.78 is 4.34. The van der Waals surface area contributed by atoms with Crippen LogP contribution in [0.15, 0.2) is 24.3 Å². The van der Waals surface area contributed by atoms with Crippen molar-refractivity contribution in [3.63, 3.8) is 0 Å². The van der Waals surface area contributed by atoms with Crippen LogP contribution in [0.4, 0.5) is 5.69 Å². The van der Waals surface area contributed by atoms with Gasteiger partial charge in [-0.15, -0.1) is 11.6 Å². The normalized spacial score (nSPS) is 13.4. The number of carbonyl (C=O) groups excluding carboxylic acids is 2. The van der Waals surface area contributed by atoms with Crippen LogP contribution in [0, 0.1) is 0 Å². The van der Waals surface area contributed by atoms with Gasteiger partial charge in [0.1, 0.15) is 6.10 Å². The maximum atomic E-state index is 11.3. The quantitative estimate of drug-likeness (QED) is 0.534. The number of aliphatic hydroxyl groups is 2. The number of anilines is 1. The molecule has 0 aliphatic carbocycles. The number of ether oxygens (including phenoxy) is 1. The number of amides is 1. The topological polar surface area (TPSA) is 95.9 Å². The number of halogens is 1. The second kappa shape index (κ2) is 7.84. The van der Waals surface area contributed by atoms with E-state index in [2.05, 4.69) is 10.1 Å². The smallest absolute Gasteiger partial charge is 0.337 e. The number of aliphatic hydroxyl groups excluding tert-OH is 2. The van der Waals surface area contributed by atoms with Gasteiger partial charge in [0.2, 0.25) is 5.91 Å². The fraction of sp³-hybridized carbons (Fsp3) is 0.385. The van der Waals surface area contributed by atoms with Crippen LogP contribution in [0.5, 0.6) is 0 Å². The van der Waals surface area contributed by atoms with E-state index in [9.17, 15) is 19.8 Å². The van der Waals surface area contributed by atoms with Crippen LogP contribution in [0.3, 0.4) is 0 Å². The van der Waals surface area contributed by atoms with Gasteiger partial charge in [-0.05, 0) is 17.7 Å². The van der Waals surface area contributed by atoms with Crippen molar-refractivity contribution in [3.05, 3.63) is 29.8 Å². The highest BCUT2D eigenvalue weighted by Crippen LogP contribution is 2.20. The Morgan fingerprint density at radius 3 is 2.40 bits per heavy atom. The molecule has 0 saturated carbocycles. The lowest BCUT2D eigenvalue weighted by molar-refractivity contribution is -0.156. The third-order valence-corrected chi connectivity index (χ3v) is 2.79. The third kappa shape index (κ3) is 4.48. The van der Waals surface area contributed by atoms with Crippen molar-refractivity contribution in [2.45, 2.75) is 18.6 Å². The van der Waals surface area contributed by atoms with E-state index in [-0.39, 0.29) is 18.2 Å². The summed E-state index contributed by atoms with van der Waals surface area (Å²) in [6.45, 7) is 0. The number of methoxy groups -OCH3 is 1. The molecule has 3 N–H and O–H groups in total. The molecule has 0 aliphatic rings. The molecule has 2 unspecified atom stereocenters. The second-order valence-corrected chi connectivity index (χ2v) is 4.40. The molecule has 110 valence electrons. The predicted octanol–water partition coefficient (Wildman–Crippen LogP) is 0.821. The standard InChI is InChI=1S/C13H16ClNO5/c1-20-13(19)12(18)11(17)8-2-4-9(5-3-8)15-10(16)6-7-14/h2-5,11-12,17-18H,6-7H2,1H3,(H,15,16). The maximum absolute atomic E-state index is 11.3. The molecule has 0 heterocycles. The highest BCUT2D eigenvalue weighted by molar-refractivity contribution is 6.19. The lowest BCUT2D eigenvalue weighted by Gasteiger charge is -2.16. The molecule has 2 atom stereocenters. The molecule has 7 heteroatoms. The fourth-order valence-electron chi connectivity index (χ4n) is 1.50. The third-order valence-electron chi connectivity index (χ3n) is 2.60. The van der Waals surface area contributed by atoms with E-state index in [4.69, 9.17) is 11.6 Å². The molecule has 1 aromatic carbocycles. The average molecular weight is 302 g/mol. The van der Waals surface area contributed by atoms with Crippen LogP contribution in [0.25, 0.3) is 0 Å². The Bertz CT molecular complexity index is 462. The molecule has 20 heavy (non-hydrogen) atoms. The molecule has 0 fully saturated rings. The molecule has 1 rings (SSSR count). The van der Waals surface area contributed by atoms with Gasteiger partial charge in [-0.3, -0.25) is 4.79 Å². The number of alkyl halides is 1. The number of benzene rings is 1. The van der Waals surface area contributed by atoms with E-state index in [1.165, 1.54) is 12.1 Å². The van der Waals surface area contributed by atoms with Crippen LogP contribution in [0.2, 0.25) is 0 Å². The largest absolute Gasteiger partial charge is 0.467 e. The number of carbonyl (C=O) groups is 2. The van der Waals surface area contributed by atoms with E-state index >= 15 is 0 Å². The predicted molar refractivity (Wildman–Crippen MR) is 73.4 cm³/mol. The van der Waals surface area contributed by atoms with E-state index in [1.54, 1.807) is 12.1 Å². The van der Waals surface area contributed by atoms with Gasteiger partial charge in [0.15, 0.2) is 6.10 Å². The number of esters is 1. The zero-order valence-electron chi connectivity index (χ0n) is 10.9. The SMILES string of the molecule is COC(=O)C(O)C(O)c1ccc(NC(=O)CCCl)cc1. The second-order valence-electron chi connectivity index (χ2n) is 4.02. The average Bonchev–Trinajstić information content (AvgIpc) is 2.46. The van der Waals surface area contributed by atoms with Crippen molar-refractivity contribution in [2.24, 2.45) is 0 Å². The molecule has 0 saturated heterocycles. The molecule has 0 bridgehead atoms. The van der Waals surface area contributed by atoms with E-state index in [0.29, 0.717) is 11.3 Å². The zero-order valence-corrected chi connectivity index (χ0v) is 11.6. The zero-order chi connectivity index (χ0) is 15.1. The highest BCUT2D eigenvalue weighted by atomic mass is 35.5. The van der Waals surface area contributed by atoms with Crippen LogP contribution in [0.1, 0.15) is 18.1 Å². The summed E-state index contributed by atoms with van der Waals surface area (Å²) in [7, 11) is 1.12. The summed E-state index contributed by atoms with van der Waals surface area (Å²) in [5.74, 6) is -0.909. The van der Waals surface area contributed by atoms with E-state index < -0.39 is 18.2 Å². The maximum Gasteiger partial charge on any atom is 0.337 e. The number of rotatable bonds is 6. The van der Waals surface area contributed by atoms with Crippen molar-refractivity contribution in [3.8, 4) is 0 Å². The van der Waals surface area contributed by atoms with Crippen molar-refractivity contribution in [1.82, 2.24) is 0 Å². The monoisotopic (exact) mass is 301 g/mol. The minimum Gasteiger partial charge on any atom is -0.467 e. The number of hydrogen-bond donors (Lipinski definition) is 3. The van der Waals surface area contributed by atoms with Crippen LogP contribution in [-0.4, -0.2) is 41.2 Å². The Balaban J connectivity index is 2.70. The number of nitrogens with one attached hydrogen (secondary N) is 1. The Morgan fingerprint density at radius 1 is 1.30 bits per heavy atom. The Hall–Kier alpha value is -1.63. The van der Waals surface area contributed by atoms with Gasteiger partial charge >= 0.3 is 5.97 Å². The summed E-state index contributed by atoms with van der Waals surface area (Å²) in [5.41, 5.74) is 0.863. The van der Waals surface area contributed by atoms with Gasteiger partial charge in [0.05, 0.1) is 7.11 Å². The lowest BCUT2D eigenvalue weighted by Crippen LogP contribution is -2.29. The van der Waals surface area contributed by atoms with Gasteiger partial charge in [-0.2, -0.15) is 0 Å². The summed E-state index contributed by atoms with van der Waals surface area (Å²) in [4.78, 5) is 22.4. The summed E-state index contributed by atoms with van der Waals surface area (Å²) >= 11 is 5.44. The van der Waals surface area contributed by atoms with Crippen molar-refractivity contribution >= 4 is 29.2 Å². The molecular formula is C13H16ClNO5. The number of hydrogen-bond acceptors (Lipinski definition) is 5. The minimum atomic E-state index is -1.66. The van der Waals surface area contributed by atoms with Crippen LogP contribution < -0.4 is 5.32 Å². The van der Waals surface area contributed by atoms with Gasteiger partial charge < -0.3 is 20.3 Å². The first-order valence-corrected chi connectivity index (χ1v) is 6.42. The van der Waals surface area contributed by atoms with Gasteiger partial charge in [-0.25, -0.2) is 4.79 Å². The van der Waals surface area contributed by atoms with Crippen molar-refractivity contribution < 1.29 is 24.5 Å². The van der Waals surface area contributed by atoms with Crippen LogP contribution in [-0.2, 0) is 14.3 Å². The molecule has 6 nitrogen and oxygen atoms in total. The van der Waals surface area contributed by atoms with Crippen LogP contribution >= 0.6 is 11.6 Å². The molecule has 1 amide bonds. The summed E-state index contributed by atoms with van der Waals surface area (Å²) in [6.07, 6.45) is -2.85. The summed E-state index contributed by atoms with van der Waals surface area (Å²) in [6, 6.07) is 6.09. The van der Waals surface area contributed by atoms with E-state index in [1.807, 2.05) is 0 Å². The Labute approximate surface area is 121 Å². The lowest BCUT2D eigenvalue weighted by atomic mass is 10.0. The first-order chi connectivity index (χ1) is 9.49. The molecular weight excluding hydrogens is 286 g/mol. The fourth-order valence-corrected chi connectivity index (χ4v) is 1.68. The van der Waals surface area contributed by atoms with Crippen molar-refractivity contribution in [2.75, 3.05) is 18.3 Å². The highest BCUT2D eigenvalue weighted by Gasteiger charge is 2.26. The van der Waals surface area contributed by atoms with Gasteiger partial charge in [-0.1, -0.05) is 12.1 Å². The molecule has 0 spiro atoms. The van der Waals surface area contributed by atoms with Gasteiger partial charge in [0.25, 0.3) is 0 Å². The summed E-state index contributed by atoms with van der Waals surface area (Å²) in [5, 5.41) is 21.9. The molecule has 0 aliphatic heterocycles. The molecule has 1 aromatic rings. The molecule has 0 aromatic heterocycles. The Kier molecular flexibility index (Phi) is 6.44. The first-order valence-electron chi connectivity index (χ1n) is 5.89. The Morgan fingerprint density at radius 2 is 1.90 bits per heavy atom.